The molecule has 28 heavy (non-hydrogen) atoms. The fourth-order valence-electron chi connectivity index (χ4n) is 4.43. The number of methoxy groups -OCH3 is 1. The Morgan fingerprint density at radius 1 is 1.14 bits per heavy atom. The maximum Gasteiger partial charge on any atom is 0.190 e. The summed E-state index contributed by atoms with van der Waals surface area (Å²) in [6, 6.07) is 0. The molecule has 1 aliphatic heterocycles. The molecule has 0 bridgehead atoms. The Morgan fingerprint density at radius 3 is 2.46 bits per heavy atom. The van der Waals surface area contributed by atoms with Crippen LogP contribution in [0.25, 0.3) is 0 Å². The van der Waals surface area contributed by atoms with E-state index in [1.54, 1.807) is 7.11 Å². The molecule has 0 aromatic rings. The normalized spacial score (nSPS) is 20.8. The van der Waals surface area contributed by atoms with Gasteiger partial charge in [0.2, 0.25) is 0 Å². The van der Waals surface area contributed by atoms with Gasteiger partial charge in [0.05, 0.1) is 12.7 Å². The summed E-state index contributed by atoms with van der Waals surface area (Å²) in [7, 11) is 3.64. The standard InChI is InChI=1S/C21H42N4O2.HI/c1-4-27-20(19-7-5-6-8-19)9-12-23-21(22-2)24-17-18-10-13-25(14-11-18)15-16-26-3;/h18-20H,4-17H2,1-3H3,(H2,22,23,24);1H. The predicted octanol–water partition coefficient (Wildman–Crippen LogP) is 3.11. The molecule has 166 valence electrons. The highest BCUT2D eigenvalue weighted by atomic mass is 127. The first-order valence-corrected chi connectivity index (χ1v) is 11.0. The van der Waals surface area contributed by atoms with E-state index < -0.39 is 0 Å². The predicted molar refractivity (Wildman–Crippen MR) is 128 cm³/mol. The molecule has 0 spiro atoms. The van der Waals surface area contributed by atoms with Gasteiger partial charge < -0.3 is 25.0 Å². The highest BCUT2D eigenvalue weighted by molar-refractivity contribution is 14.0. The molecule has 2 aliphatic rings. The maximum atomic E-state index is 6.02. The van der Waals surface area contributed by atoms with Crippen molar-refractivity contribution in [2.45, 2.75) is 58.0 Å². The van der Waals surface area contributed by atoms with Gasteiger partial charge in [-0.3, -0.25) is 4.99 Å². The van der Waals surface area contributed by atoms with Gasteiger partial charge in [-0.1, -0.05) is 12.8 Å². The van der Waals surface area contributed by atoms with Crippen LogP contribution >= 0.6 is 24.0 Å². The zero-order chi connectivity index (χ0) is 19.3. The van der Waals surface area contributed by atoms with Gasteiger partial charge in [0.15, 0.2) is 5.96 Å². The zero-order valence-electron chi connectivity index (χ0n) is 18.3. The summed E-state index contributed by atoms with van der Waals surface area (Å²) in [5.74, 6) is 2.42. The minimum Gasteiger partial charge on any atom is -0.383 e. The number of rotatable bonds is 11. The van der Waals surface area contributed by atoms with Gasteiger partial charge in [-0.05, 0) is 64.0 Å². The van der Waals surface area contributed by atoms with Crippen LogP contribution in [0.1, 0.15) is 51.9 Å². The fraction of sp³-hybridized carbons (Fsp3) is 0.952. The van der Waals surface area contributed by atoms with E-state index in [0.717, 1.165) is 57.1 Å². The molecule has 2 N–H and O–H groups in total. The second-order valence-electron chi connectivity index (χ2n) is 7.98. The minimum atomic E-state index is 0. The summed E-state index contributed by atoms with van der Waals surface area (Å²) in [4.78, 5) is 6.90. The number of nitrogens with zero attached hydrogens (tertiary/aromatic N) is 2. The first-order valence-electron chi connectivity index (χ1n) is 11.0. The third-order valence-corrected chi connectivity index (χ3v) is 6.13. The van der Waals surface area contributed by atoms with Crippen LogP contribution in [0.5, 0.6) is 0 Å². The van der Waals surface area contributed by atoms with Crippen LogP contribution in [-0.4, -0.2) is 77.1 Å². The van der Waals surface area contributed by atoms with Crippen molar-refractivity contribution in [3.8, 4) is 0 Å². The van der Waals surface area contributed by atoms with E-state index in [9.17, 15) is 0 Å². The highest BCUT2D eigenvalue weighted by Crippen LogP contribution is 2.30. The second kappa shape index (κ2) is 15.7. The Kier molecular flexibility index (Phi) is 14.5. The molecule has 2 rings (SSSR count). The van der Waals surface area contributed by atoms with Gasteiger partial charge in [-0.15, -0.1) is 24.0 Å². The van der Waals surface area contributed by atoms with Crippen molar-refractivity contribution in [2.75, 3.05) is 60.1 Å². The Bertz CT molecular complexity index is 411. The molecule has 6 nitrogen and oxygen atoms in total. The number of hydrogen-bond donors (Lipinski definition) is 2. The van der Waals surface area contributed by atoms with Crippen LogP contribution in [0.2, 0.25) is 0 Å². The molecule has 0 amide bonds. The monoisotopic (exact) mass is 510 g/mol. The molecule has 7 heteroatoms. The number of nitrogens with one attached hydrogen (secondary N) is 2. The Labute approximate surface area is 189 Å². The summed E-state index contributed by atoms with van der Waals surface area (Å²) < 4.78 is 11.2. The van der Waals surface area contributed by atoms with Gasteiger partial charge >= 0.3 is 0 Å². The van der Waals surface area contributed by atoms with Crippen molar-refractivity contribution in [1.29, 1.82) is 0 Å². The van der Waals surface area contributed by atoms with Crippen molar-refractivity contribution in [1.82, 2.24) is 15.5 Å². The number of halogens is 1. The van der Waals surface area contributed by atoms with E-state index >= 15 is 0 Å². The fourth-order valence-corrected chi connectivity index (χ4v) is 4.43. The Hall–Kier alpha value is -0.120. The summed E-state index contributed by atoms with van der Waals surface area (Å²) in [5.41, 5.74) is 0. The van der Waals surface area contributed by atoms with E-state index in [1.807, 2.05) is 7.05 Å². The number of hydrogen-bond acceptors (Lipinski definition) is 4. The van der Waals surface area contributed by atoms with Crippen LogP contribution in [-0.2, 0) is 9.47 Å². The lowest BCUT2D eigenvalue weighted by molar-refractivity contribution is 0.0169. The van der Waals surface area contributed by atoms with Crippen molar-refractivity contribution in [3.63, 3.8) is 0 Å². The Morgan fingerprint density at radius 2 is 1.86 bits per heavy atom. The lowest BCUT2D eigenvalue weighted by Gasteiger charge is -2.32. The number of aliphatic imine (C=N–C) groups is 1. The Balaban J connectivity index is 0.00000392. The summed E-state index contributed by atoms with van der Waals surface area (Å²) >= 11 is 0. The van der Waals surface area contributed by atoms with Crippen LogP contribution in [0.3, 0.4) is 0 Å². The molecule has 1 saturated heterocycles. The SMILES string of the molecule is CCOC(CCNC(=NC)NCC1CCN(CCOC)CC1)C1CCCC1.I. The largest absolute Gasteiger partial charge is 0.383 e. The molecule has 1 unspecified atom stereocenters. The summed E-state index contributed by atoms with van der Waals surface area (Å²) in [5, 5.41) is 7.02. The van der Waals surface area contributed by atoms with Gasteiger partial charge in [0, 0.05) is 40.4 Å². The van der Waals surface area contributed by atoms with Crippen LogP contribution in [0.15, 0.2) is 4.99 Å². The van der Waals surface area contributed by atoms with Gasteiger partial charge in [0.1, 0.15) is 0 Å². The summed E-state index contributed by atoms with van der Waals surface area (Å²) in [6.07, 6.45) is 9.38. The first-order chi connectivity index (χ1) is 13.3. The van der Waals surface area contributed by atoms with E-state index in [2.05, 4.69) is 27.4 Å². The molecule has 1 saturated carbocycles. The molecule has 1 aliphatic carbocycles. The highest BCUT2D eigenvalue weighted by Gasteiger charge is 2.25. The molecular weight excluding hydrogens is 467 g/mol. The van der Waals surface area contributed by atoms with Crippen LogP contribution in [0, 0.1) is 11.8 Å². The smallest absolute Gasteiger partial charge is 0.190 e. The van der Waals surface area contributed by atoms with E-state index in [0.29, 0.717) is 6.10 Å². The average molecular weight is 511 g/mol. The average Bonchev–Trinajstić information content (AvgIpc) is 3.23. The van der Waals surface area contributed by atoms with Crippen molar-refractivity contribution >= 4 is 29.9 Å². The molecule has 0 radical (unpaired) electrons. The second-order valence-corrected chi connectivity index (χ2v) is 7.98. The zero-order valence-corrected chi connectivity index (χ0v) is 20.6. The molecular formula is C21H43IN4O2. The van der Waals surface area contributed by atoms with Crippen LogP contribution in [0.4, 0.5) is 0 Å². The van der Waals surface area contributed by atoms with E-state index in [1.165, 1.54) is 51.6 Å². The molecule has 0 aromatic heterocycles. The van der Waals surface area contributed by atoms with Crippen molar-refractivity contribution in [2.24, 2.45) is 16.8 Å². The van der Waals surface area contributed by atoms with Gasteiger partial charge in [-0.25, -0.2) is 0 Å². The lowest BCUT2D eigenvalue weighted by Crippen LogP contribution is -2.44. The third kappa shape index (κ3) is 9.59. The number of ether oxygens (including phenoxy) is 2. The minimum absolute atomic E-state index is 0. The number of guanidine groups is 1. The topological polar surface area (TPSA) is 58.1 Å². The quantitative estimate of drug-likeness (QED) is 0.254. The summed E-state index contributed by atoms with van der Waals surface area (Å²) in [6.45, 7) is 9.11. The van der Waals surface area contributed by atoms with Gasteiger partial charge in [0.25, 0.3) is 0 Å². The lowest BCUT2D eigenvalue weighted by atomic mass is 9.97. The molecule has 1 atom stereocenters. The first kappa shape index (κ1) is 25.9. The maximum absolute atomic E-state index is 6.02. The molecule has 2 fully saturated rings. The van der Waals surface area contributed by atoms with Gasteiger partial charge in [-0.2, -0.15) is 0 Å². The third-order valence-electron chi connectivity index (χ3n) is 6.13. The molecule has 1 heterocycles. The van der Waals surface area contributed by atoms with Crippen molar-refractivity contribution in [3.05, 3.63) is 0 Å². The number of likely N-dealkylation sites (tertiary alicyclic amines) is 1. The van der Waals surface area contributed by atoms with E-state index in [-0.39, 0.29) is 24.0 Å². The van der Waals surface area contributed by atoms with E-state index in [4.69, 9.17) is 9.47 Å². The molecule has 0 aromatic carbocycles. The number of piperidine rings is 1. The van der Waals surface area contributed by atoms with Crippen LogP contribution < -0.4 is 10.6 Å². The van der Waals surface area contributed by atoms with Crippen molar-refractivity contribution < 1.29 is 9.47 Å².